The number of carbonyl (C=O) groups is 1. The van der Waals surface area contributed by atoms with E-state index in [0.717, 1.165) is 16.5 Å². The Morgan fingerprint density at radius 3 is 2.95 bits per heavy atom. The van der Waals surface area contributed by atoms with Gasteiger partial charge in [-0.3, -0.25) is 9.79 Å². The summed E-state index contributed by atoms with van der Waals surface area (Å²) in [5.74, 6) is 0.508. The molecule has 0 saturated heterocycles. The summed E-state index contributed by atoms with van der Waals surface area (Å²) in [6, 6.07) is 6.27. The SMILES string of the molecule is C/N=C(\Cc1c[nH]c2ccc(C)cc12)C(=O)NCSC. The van der Waals surface area contributed by atoms with Gasteiger partial charge in [-0.1, -0.05) is 11.6 Å². The number of fused-ring (bicyclic) bond motifs is 1. The minimum absolute atomic E-state index is 0.0937. The fourth-order valence-corrected chi connectivity index (χ4v) is 2.39. The largest absolute Gasteiger partial charge is 0.361 e. The molecule has 2 rings (SSSR count). The van der Waals surface area contributed by atoms with E-state index in [4.69, 9.17) is 0 Å². The van der Waals surface area contributed by atoms with Gasteiger partial charge in [0.1, 0.15) is 5.71 Å². The summed E-state index contributed by atoms with van der Waals surface area (Å²) in [4.78, 5) is 19.4. The highest BCUT2D eigenvalue weighted by atomic mass is 32.2. The second-order valence-electron chi connectivity index (χ2n) is 4.65. The molecule has 0 unspecified atom stereocenters. The maximum absolute atomic E-state index is 12.0. The summed E-state index contributed by atoms with van der Waals surface area (Å²) >= 11 is 1.58. The standard InChI is InChI=1S/C15H19N3OS/c1-10-4-5-13-12(6-10)11(8-17-13)7-14(16-2)15(19)18-9-20-3/h4-6,8,17H,7,9H2,1-3H3,(H,18,19)/b16-14+. The summed E-state index contributed by atoms with van der Waals surface area (Å²) < 4.78 is 0. The Morgan fingerprint density at radius 1 is 1.45 bits per heavy atom. The number of rotatable bonds is 5. The first-order valence-electron chi connectivity index (χ1n) is 6.45. The molecule has 106 valence electrons. The Kier molecular flexibility index (Phi) is 4.84. The number of amides is 1. The van der Waals surface area contributed by atoms with Gasteiger partial charge in [0.25, 0.3) is 5.91 Å². The summed E-state index contributed by atoms with van der Waals surface area (Å²) in [5.41, 5.74) is 3.95. The fraction of sp³-hybridized carbons (Fsp3) is 0.333. The minimum Gasteiger partial charge on any atom is -0.361 e. The predicted molar refractivity (Wildman–Crippen MR) is 86.6 cm³/mol. The van der Waals surface area contributed by atoms with Crippen LogP contribution in [-0.4, -0.2) is 35.8 Å². The molecule has 0 fully saturated rings. The van der Waals surface area contributed by atoms with Crippen molar-refractivity contribution in [1.29, 1.82) is 0 Å². The number of nitrogens with one attached hydrogen (secondary N) is 2. The van der Waals surface area contributed by atoms with Gasteiger partial charge < -0.3 is 10.3 Å². The molecular weight excluding hydrogens is 270 g/mol. The predicted octanol–water partition coefficient (Wildman–Crippen LogP) is 2.53. The van der Waals surface area contributed by atoms with Crippen LogP contribution in [0.25, 0.3) is 10.9 Å². The molecule has 0 aliphatic carbocycles. The molecule has 0 atom stereocenters. The maximum Gasteiger partial charge on any atom is 0.266 e. The summed E-state index contributed by atoms with van der Waals surface area (Å²) in [5, 5.41) is 3.99. The number of aromatic amines is 1. The number of benzene rings is 1. The monoisotopic (exact) mass is 289 g/mol. The molecule has 1 aromatic carbocycles. The van der Waals surface area contributed by atoms with Crippen molar-refractivity contribution in [1.82, 2.24) is 10.3 Å². The smallest absolute Gasteiger partial charge is 0.266 e. The second kappa shape index (κ2) is 6.61. The molecule has 2 N–H and O–H groups in total. The summed E-state index contributed by atoms with van der Waals surface area (Å²) in [6.07, 6.45) is 4.45. The number of thioether (sulfide) groups is 1. The van der Waals surface area contributed by atoms with Crippen molar-refractivity contribution in [2.75, 3.05) is 19.2 Å². The lowest BCUT2D eigenvalue weighted by Crippen LogP contribution is -2.31. The number of nitrogens with zero attached hydrogens (tertiary/aromatic N) is 1. The third-order valence-corrected chi connectivity index (χ3v) is 3.62. The highest BCUT2D eigenvalue weighted by Gasteiger charge is 2.13. The van der Waals surface area contributed by atoms with Crippen LogP contribution in [-0.2, 0) is 11.2 Å². The van der Waals surface area contributed by atoms with E-state index < -0.39 is 0 Å². The molecule has 20 heavy (non-hydrogen) atoms. The van der Waals surface area contributed by atoms with Crippen LogP contribution in [0.4, 0.5) is 0 Å². The van der Waals surface area contributed by atoms with Crippen molar-refractivity contribution in [3.05, 3.63) is 35.5 Å². The van der Waals surface area contributed by atoms with Crippen molar-refractivity contribution in [3.8, 4) is 0 Å². The minimum atomic E-state index is -0.0937. The van der Waals surface area contributed by atoms with Crippen LogP contribution in [0.1, 0.15) is 11.1 Å². The molecule has 0 bridgehead atoms. The van der Waals surface area contributed by atoms with Crippen molar-refractivity contribution in [2.24, 2.45) is 4.99 Å². The van der Waals surface area contributed by atoms with Crippen LogP contribution >= 0.6 is 11.8 Å². The zero-order valence-corrected chi connectivity index (χ0v) is 12.8. The molecule has 0 aliphatic heterocycles. The Labute approximate surface area is 123 Å². The lowest BCUT2D eigenvalue weighted by molar-refractivity contribution is -0.114. The Bertz CT molecular complexity index is 646. The van der Waals surface area contributed by atoms with E-state index in [0.29, 0.717) is 18.0 Å². The molecule has 5 heteroatoms. The van der Waals surface area contributed by atoms with Crippen LogP contribution in [0.2, 0.25) is 0 Å². The molecule has 1 amide bonds. The van der Waals surface area contributed by atoms with E-state index in [1.54, 1.807) is 18.8 Å². The van der Waals surface area contributed by atoms with Gasteiger partial charge in [-0.15, -0.1) is 11.8 Å². The normalized spacial score (nSPS) is 11.8. The number of H-pyrrole nitrogens is 1. The number of carbonyl (C=O) groups excluding carboxylic acids is 1. The van der Waals surface area contributed by atoms with E-state index in [1.165, 1.54) is 5.56 Å². The van der Waals surface area contributed by atoms with Gasteiger partial charge in [0.05, 0.1) is 5.88 Å². The van der Waals surface area contributed by atoms with Crippen LogP contribution in [0.15, 0.2) is 29.4 Å². The average Bonchev–Trinajstić information content (AvgIpc) is 2.84. The summed E-state index contributed by atoms with van der Waals surface area (Å²) in [6.45, 7) is 2.07. The third kappa shape index (κ3) is 3.22. The van der Waals surface area contributed by atoms with E-state index in [1.807, 2.05) is 12.5 Å². The van der Waals surface area contributed by atoms with Gasteiger partial charge in [0, 0.05) is 30.6 Å². The number of hydrogen-bond donors (Lipinski definition) is 2. The van der Waals surface area contributed by atoms with Crippen LogP contribution < -0.4 is 5.32 Å². The highest BCUT2D eigenvalue weighted by Crippen LogP contribution is 2.20. The first-order valence-corrected chi connectivity index (χ1v) is 7.84. The first kappa shape index (κ1) is 14.7. The molecule has 1 aromatic heterocycles. The lowest BCUT2D eigenvalue weighted by Gasteiger charge is -2.06. The van der Waals surface area contributed by atoms with Crippen molar-refractivity contribution < 1.29 is 4.79 Å². The Hall–Kier alpha value is -1.75. The molecule has 0 aliphatic rings. The van der Waals surface area contributed by atoms with Crippen LogP contribution in [0, 0.1) is 6.92 Å². The zero-order chi connectivity index (χ0) is 14.5. The number of aliphatic imine (C=N–C) groups is 1. The number of aryl methyl sites for hydroxylation is 1. The van der Waals surface area contributed by atoms with Gasteiger partial charge in [0.15, 0.2) is 0 Å². The number of hydrogen-bond acceptors (Lipinski definition) is 3. The molecule has 2 aromatic rings. The molecule has 0 spiro atoms. The molecule has 1 heterocycles. The Morgan fingerprint density at radius 2 is 2.25 bits per heavy atom. The van der Waals surface area contributed by atoms with E-state index in [9.17, 15) is 4.79 Å². The molecule has 0 saturated carbocycles. The topological polar surface area (TPSA) is 57.2 Å². The van der Waals surface area contributed by atoms with Crippen LogP contribution in [0.3, 0.4) is 0 Å². The highest BCUT2D eigenvalue weighted by molar-refractivity contribution is 7.98. The Balaban J connectivity index is 2.22. The number of aromatic nitrogens is 1. The van der Waals surface area contributed by atoms with Crippen molar-refractivity contribution >= 4 is 34.3 Å². The molecular formula is C15H19N3OS. The average molecular weight is 289 g/mol. The molecule has 4 nitrogen and oxygen atoms in total. The second-order valence-corrected chi connectivity index (χ2v) is 5.51. The van der Waals surface area contributed by atoms with Gasteiger partial charge in [-0.2, -0.15) is 0 Å². The maximum atomic E-state index is 12.0. The van der Waals surface area contributed by atoms with E-state index >= 15 is 0 Å². The summed E-state index contributed by atoms with van der Waals surface area (Å²) in [7, 11) is 1.66. The fourth-order valence-electron chi connectivity index (χ4n) is 2.12. The lowest BCUT2D eigenvalue weighted by atomic mass is 10.1. The van der Waals surface area contributed by atoms with E-state index in [2.05, 4.69) is 40.4 Å². The molecule has 0 radical (unpaired) electrons. The van der Waals surface area contributed by atoms with Gasteiger partial charge in [-0.25, -0.2) is 0 Å². The quantitative estimate of drug-likeness (QED) is 0.656. The van der Waals surface area contributed by atoms with Crippen LogP contribution in [0.5, 0.6) is 0 Å². The zero-order valence-electron chi connectivity index (χ0n) is 12.0. The van der Waals surface area contributed by atoms with Crippen molar-refractivity contribution in [2.45, 2.75) is 13.3 Å². The van der Waals surface area contributed by atoms with E-state index in [-0.39, 0.29) is 5.91 Å². The third-order valence-electron chi connectivity index (χ3n) is 3.19. The van der Waals surface area contributed by atoms with Crippen molar-refractivity contribution in [3.63, 3.8) is 0 Å². The first-order chi connectivity index (χ1) is 9.65. The van der Waals surface area contributed by atoms with Gasteiger partial charge in [0.2, 0.25) is 0 Å². The van der Waals surface area contributed by atoms with Gasteiger partial charge >= 0.3 is 0 Å². The van der Waals surface area contributed by atoms with Gasteiger partial charge in [-0.05, 0) is 30.9 Å².